The fourth-order valence-electron chi connectivity index (χ4n) is 10.4. The summed E-state index contributed by atoms with van der Waals surface area (Å²) in [6.07, 6.45) is 90.9. The molecule has 0 saturated carbocycles. The van der Waals surface area contributed by atoms with Gasteiger partial charge >= 0.3 is 17.9 Å². The van der Waals surface area contributed by atoms with E-state index in [9.17, 15) is 14.4 Å². The van der Waals surface area contributed by atoms with Gasteiger partial charge in [0.15, 0.2) is 6.10 Å². The zero-order chi connectivity index (χ0) is 58.5. The number of ether oxygens (including phenoxy) is 3. The lowest BCUT2D eigenvalue weighted by Gasteiger charge is -2.18. The maximum absolute atomic E-state index is 12.9. The van der Waals surface area contributed by atoms with Crippen LogP contribution in [0.25, 0.3) is 0 Å². The first-order chi connectivity index (χ1) is 40.0. The van der Waals surface area contributed by atoms with Crippen molar-refractivity contribution in [1.82, 2.24) is 0 Å². The first-order valence-electron chi connectivity index (χ1n) is 35.4. The molecule has 0 N–H and O–H groups in total. The molecule has 0 saturated heterocycles. The van der Waals surface area contributed by atoms with Crippen molar-refractivity contribution >= 4 is 17.9 Å². The Labute approximate surface area is 503 Å². The molecule has 0 aliphatic carbocycles. The zero-order valence-electron chi connectivity index (χ0n) is 54.1. The molecule has 0 spiro atoms. The lowest BCUT2D eigenvalue weighted by Crippen LogP contribution is -2.30. The Balaban J connectivity index is 4.17. The van der Waals surface area contributed by atoms with Crippen molar-refractivity contribution in [2.45, 2.75) is 374 Å². The molecule has 6 heteroatoms. The van der Waals surface area contributed by atoms with Gasteiger partial charge in [-0.2, -0.15) is 0 Å². The third kappa shape index (κ3) is 67.5. The van der Waals surface area contributed by atoms with Crippen LogP contribution in [0.5, 0.6) is 0 Å². The molecule has 0 rings (SSSR count). The normalized spacial score (nSPS) is 12.5. The van der Waals surface area contributed by atoms with E-state index in [0.717, 1.165) is 109 Å². The average Bonchev–Trinajstić information content (AvgIpc) is 3.47. The van der Waals surface area contributed by atoms with Crippen LogP contribution in [-0.4, -0.2) is 37.2 Å². The van der Waals surface area contributed by atoms with Gasteiger partial charge in [0.05, 0.1) is 0 Å². The molecule has 0 bridgehead atoms. The van der Waals surface area contributed by atoms with Gasteiger partial charge in [0.2, 0.25) is 0 Å². The van der Waals surface area contributed by atoms with Gasteiger partial charge in [0, 0.05) is 19.3 Å². The molecule has 0 aliphatic rings. The van der Waals surface area contributed by atoms with Gasteiger partial charge in [0.1, 0.15) is 13.2 Å². The van der Waals surface area contributed by atoms with E-state index in [1.165, 1.54) is 218 Å². The largest absolute Gasteiger partial charge is 0.462 e. The minimum atomic E-state index is -0.784. The summed E-state index contributed by atoms with van der Waals surface area (Å²) in [5, 5.41) is 0. The van der Waals surface area contributed by atoms with Gasteiger partial charge in [-0.15, -0.1) is 0 Å². The van der Waals surface area contributed by atoms with Crippen molar-refractivity contribution in [2.24, 2.45) is 0 Å². The highest BCUT2D eigenvalue weighted by Crippen LogP contribution is 2.18. The van der Waals surface area contributed by atoms with Crippen molar-refractivity contribution < 1.29 is 28.6 Å². The Morgan fingerprint density at radius 3 is 0.765 bits per heavy atom. The van der Waals surface area contributed by atoms with Crippen LogP contribution < -0.4 is 0 Å². The maximum atomic E-state index is 12.9. The number of carbonyl (C=O) groups excluding carboxylic acids is 3. The molecule has 1 atom stereocenters. The van der Waals surface area contributed by atoms with Crippen LogP contribution in [0.1, 0.15) is 367 Å². The van der Waals surface area contributed by atoms with E-state index in [2.05, 4.69) is 93.7 Å². The quantitative estimate of drug-likeness (QED) is 0.0261. The second-order valence-corrected chi connectivity index (χ2v) is 23.8. The molecule has 81 heavy (non-hydrogen) atoms. The summed E-state index contributed by atoms with van der Waals surface area (Å²) in [4.78, 5) is 38.3. The number of hydrogen-bond donors (Lipinski definition) is 0. The highest BCUT2D eigenvalue weighted by atomic mass is 16.6. The van der Waals surface area contributed by atoms with Crippen LogP contribution in [0.2, 0.25) is 0 Å². The van der Waals surface area contributed by atoms with Crippen LogP contribution in [0.4, 0.5) is 0 Å². The molecular weight excluding hydrogens is 997 g/mol. The SMILES string of the molecule is CC/C=C\C/C=C\C/C=C\C/C=C\C/C=C\CCCCCCCC(=O)OC(COC(=O)CCCCCCCCCCCCC)COC(=O)CCCCCCCCCCCCCCCCCCCCC/C=C\CCCCCCCCCC. The molecule has 0 fully saturated rings. The highest BCUT2D eigenvalue weighted by molar-refractivity contribution is 5.71. The Morgan fingerprint density at radius 2 is 0.481 bits per heavy atom. The van der Waals surface area contributed by atoms with Gasteiger partial charge in [0.25, 0.3) is 0 Å². The third-order valence-corrected chi connectivity index (χ3v) is 15.7. The van der Waals surface area contributed by atoms with Crippen molar-refractivity contribution in [2.75, 3.05) is 13.2 Å². The van der Waals surface area contributed by atoms with Gasteiger partial charge in [-0.25, -0.2) is 0 Å². The Hall–Kier alpha value is -3.15. The molecule has 0 aromatic carbocycles. The maximum Gasteiger partial charge on any atom is 0.306 e. The number of allylic oxidation sites excluding steroid dienone is 12. The first-order valence-corrected chi connectivity index (χ1v) is 35.4. The molecule has 0 aliphatic heterocycles. The minimum absolute atomic E-state index is 0.0792. The average molecular weight is 1130 g/mol. The van der Waals surface area contributed by atoms with Gasteiger partial charge in [-0.3, -0.25) is 14.4 Å². The van der Waals surface area contributed by atoms with E-state index in [4.69, 9.17) is 14.2 Å². The topological polar surface area (TPSA) is 78.9 Å². The standard InChI is InChI=1S/C75H134O6/c1-4-7-10-13-16-19-22-24-26-28-30-32-33-34-35-36-37-38-39-40-41-43-44-46-48-50-53-56-59-62-65-68-74(77)80-71-72(70-79-73(76)67-64-61-58-55-52-21-18-15-12-9-6-3)81-75(78)69-66-63-60-57-54-51-49-47-45-42-31-29-27-25-23-20-17-14-11-8-5-2/h8,11,17,20,25,27-28,30-31,42,47,49,72H,4-7,9-10,12-16,18-19,21-24,26,29,32-41,43-46,48,50-71H2,1-3H3/b11-8-,20-17-,27-25-,30-28-,42-31-,49-47-. The third-order valence-electron chi connectivity index (χ3n) is 15.7. The summed E-state index contributed by atoms with van der Waals surface area (Å²) in [5.74, 6) is -0.879. The first kappa shape index (κ1) is 77.9. The molecule has 0 heterocycles. The summed E-state index contributed by atoms with van der Waals surface area (Å²) in [7, 11) is 0. The van der Waals surface area contributed by atoms with Gasteiger partial charge in [-0.05, 0) is 89.9 Å². The Morgan fingerprint density at radius 1 is 0.259 bits per heavy atom. The van der Waals surface area contributed by atoms with Crippen LogP contribution in [0, 0.1) is 0 Å². The number of hydrogen-bond acceptors (Lipinski definition) is 6. The number of unbranched alkanes of at least 4 members (excludes halogenated alkanes) is 42. The molecular formula is C75H134O6. The van der Waals surface area contributed by atoms with Crippen molar-refractivity contribution in [3.8, 4) is 0 Å². The fourth-order valence-corrected chi connectivity index (χ4v) is 10.4. The summed E-state index contributed by atoms with van der Waals surface area (Å²) < 4.78 is 16.9. The molecule has 0 radical (unpaired) electrons. The van der Waals surface area contributed by atoms with E-state index in [1.54, 1.807) is 0 Å². The van der Waals surface area contributed by atoms with Crippen LogP contribution >= 0.6 is 0 Å². The number of carbonyl (C=O) groups is 3. The minimum Gasteiger partial charge on any atom is -0.462 e. The van der Waals surface area contributed by atoms with Crippen molar-refractivity contribution in [3.63, 3.8) is 0 Å². The molecule has 0 aromatic heterocycles. The lowest BCUT2D eigenvalue weighted by molar-refractivity contribution is -0.167. The predicted octanol–water partition coefficient (Wildman–Crippen LogP) is 24.4. The summed E-state index contributed by atoms with van der Waals surface area (Å²) in [5.41, 5.74) is 0. The molecule has 6 nitrogen and oxygen atoms in total. The second-order valence-electron chi connectivity index (χ2n) is 23.8. The lowest BCUT2D eigenvalue weighted by atomic mass is 10.0. The van der Waals surface area contributed by atoms with Crippen LogP contribution in [0.3, 0.4) is 0 Å². The van der Waals surface area contributed by atoms with Crippen LogP contribution in [0.15, 0.2) is 72.9 Å². The molecule has 1 unspecified atom stereocenters. The zero-order valence-corrected chi connectivity index (χ0v) is 54.1. The molecule has 0 amide bonds. The van der Waals surface area contributed by atoms with E-state index >= 15 is 0 Å². The fraction of sp³-hybridized carbons (Fsp3) is 0.800. The smallest absolute Gasteiger partial charge is 0.306 e. The summed E-state index contributed by atoms with van der Waals surface area (Å²) in [6, 6.07) is 0. The van der Waals surface area contributed by atoms with E-state index in [-0.39, 0.29) is 31.1 Å². The Kier molecular flexibility index (Phi) is 66.6. The Bertz CT molecular complexity index is 1490. The van der Waals surface area contributed by atoms with E-state index < -0.39 is 6.10 Å². The van der Waals surface area contributed by atoms with Crippen LogP contribution in [-0.2, 0) is 28.6 Å². The second kappa shape index (κ2) is 69.3. The number of esters is 3. The van der Waals surface area contributed by atoms with Gasteiger partial charge in [-0.1, -0.05) is 331 Å². The van der Waals surface area contributed by atoms with E-state index in [1.807, 2.05) is 0 Å². The van der Waals surface area contributed by atoms with Crippen molar-refractivity contribution in [3.05, 3.63) is 72.9 Å². The molecule has 0 aromatic rings. The molecule has 470 valence electrons. The highest BCUT2D eigenvalue weighted by Gasteiger charge is 2.19. The summed E-state index contributed by atoms with van der Waals surface area (Å²) >= 11 is 0. The van der Waals surface area contributed by atoms with E-state index in [0.29, 0.717) is 19.3 Å². The van der Waals surface area contributed by atoms with Crippen molar-refractivity contribution in [1.29, 1.82) is 0 Å². The monoisotopic (exact) mass is 1130 g/mol. The number of rotatable bonds is 65. The predicted molar refractivity (Wildman–Crippen MR) is 353 cm³/mol. The van der Waals surface area contributed by atoms with Gasteiger partial charge < -0.3 is 14.2 Å². The summed E-state index contributed by atoms with van der Waals surface area (Å²) in [6.45, 7) is 6.55.